The second-order valence-electron chi connectivity index (χ2n) is 7.03. The van der Waals surface area contributed by atoms with Crippen molar-refractivity contribution in [1.29, 1.82) is 0 Å². The van der Waals surface area contributed by atoms with Crippen LogP contribution in [-0.4, -0.2) is 22.1 Å². The molecule has 0 bridgehead atoms. The first-order chi connectivity index (χ1) is 12.2. The minimum Gasteiger partial charge on any atom is -0.346 e. The minimum absolute atomic E-state index is 0.380. The van der Waals surface area contributed by atoms with Gasteiger partial charge in [-0.1, -0.05) is 32.1 Å². The maximum absolute atomic E-state index is 12.9. The first-order valence-electron chi connectivity index (χ1n) is 8.87. The molecule has 0 aliphatic heterocycles. The number of hydrogen-bond acceptors (Lipinski definition) is 1. The van der Waals surface area contributed by atoms with Crippen LogP contribution in [0.2, 0.25) is 0 Å². The first-order valence-corrected chi connectivity index (χ1v) is 8.87. The Balaban J connectivity index is 2.19. The number of halogens is 3. The molecule has 2 rings (SSSR count). The van der Waals surface area contributed by atoms with Gasteiger partial charge in [-0.25, -0.2) is 0 Å². The molecule has 0 N–H and O–H groups in total. The van der Waals surface area contributed by atoms with Crippen LogP contribution in [0.3, 0.4) is 0 Å². The Hall–Kier alpha value is -2.01. The third kappa shape index (κ3) is 5.24. The van der Waals surface area contributed by atoms with Crippen LogP contribution in [0.1, 0.15) is 37.6 Å². The van der Waals surface area contributed by atoms with Crippen LogP contribution in [0.15, 0.2) is 55.3 Å². The van der Waals surface area contributed by atoms with Gasteiger partial charge in [0.1, 0.15) is 0 Å². The molecule has 1 aromatic heterocycles. The van der Waals surface area contributed by atoms with Gasteiger partial charge in [-0.15, -0.1) is 6.58 Å². The molecule has 5 heteroatoms. The van der Waals surface area contributed by atoms with Gasteiger partial charge in [-0.05, 0) is 42.7 Å². The van der Waals surface area contributed by atoms with Crippen molar-refractivity contribution in [2.24, 2.45) is 5.92 Å². The quantitative estimate of drug-likeness (QED) is 0.555. The molecular weight excluding hydrogens is 337 g/mol. The monoisotopic (exact) mass is 364 g/mol. The zero-order chi connectivity index (χ0) is 19.3. The van der Waals surface area contributed by atoms with Crippen molar-refractivity contribution in [1.82, 2.24) is 9.47 Å². The van der Waals surface area contributed by atoms with E-state index in [0.717, 1.165) is 24.8 Å². The second kappa shape index (κ2) is 8.58. The van der Waals surface area contributed by atoms with Crippen molar-refractivity contribution in [2.75, 3.05) is 6.54 Å². The molecule has 2 nitrogen and oxygen atoms in total. The molecule has 0 spiro atoms. The van der Waals surface area contributed by atoms with Gasteiger partial charge >= 0.3 is 6.18 Å². The fraction of sp³-hybridized carbons (Fsp3) is 0.429. The number of benzene rings is 1. The highest BCUT2D eigenvalue weighted by Gasteiger charge is 2.30. The van der Waals surface area contributed by atoms with E-state index in [1.807, 2.05) is 29.0 Å². The van der Waals surface area contributed by atoms with Crippen molar-refractivity contribution in [3.05, 3.63) is 72.1 Å². The van der Waals surface area contributed by atoms with Crippen molar-refractivity contribution in [2.45, 2.75) is 46.1 Å². The molecule has 0 fully saturated rings. The number of hydrogen-bond donors (Lipinski definition) is 0. The Bertz CT molecular complexity index is 716. The van der Waals surface area contributed by atoms with Gasteiger partial charge in [0.15, 0.2) is 0 Å². The van der Waals surface area contributed by atoms with E-state index in [0.29, 0.717) is 24.1 Å². The lowest BCUT2D eigenvalue weighted by Gasteiger charge is -2.31. The van der Waals surface area contributed by atoms with Gasteiger partial charge < -0.3 is 4.57 Å². The maximum atomic E-state index is 12.9. The summed E-state index contributed by atoms with van der Waals surface area (Å²) in [7, 11) is 0. The summed E-state index contributed by atoms with van der Waals surface area (Å²) < 4.78 is 40.8. The van der Waals surface area contributed by atoms with Crippen LogP contribution in [0.4, 0.5) is 13.2 Å². The summed E-state index contributed by atoms with van der Waals surface area (Å²) in [4.78, 5) is 2.33. The molecule has 0 radical (unpaired) electrons. The lowest BCUT2D eigenvalue weighted by atomic mass is 10.0. The molecule has 0 saturated heterocycles. The highest BCUT2D eigenvalue weighted by Crippen LogP contribution is 2.29. The zero-order valence-electron chi connectivity index (χ0n) is 15.6. The summed E-state index contributed by atoms with van der Waals surface area (Å²) in [6.45, 7) is 12.3. The van der Waals surface area contributed by atoms with Crippen molar-refractivity contribution >= 4 is 0 Å². The Morgan fingerprint density at radius 2 is 1.88 bits per heavy atom. The third-order valence-corrected chi connectivity index (χ3v) is 4.80. The number of aromatic nitrogens is 1. The Morgan fingerprint density at radius 1 is 1.15 bits per heavy atom. The summed E-state index contributed by atoms with van der Waals surface area (Å²) >= 11 is 0. The van der Waals surface area contributed by atoms with E-state index in [9.17, 15) is 13.2 Å². The molecule has 0 saturated carbocycles. The average molecular weight is 364 g/mol. The van der Waals surface area contributed by atoms with E-state index in [2.05, 4.69) is 32.3 Å². The summed E-state index contributed by atoms with van der Waals surface area (Å²) in [6, 6.07) is 9.87. The molecule has 0 amide bonds. The summed E-state index contributed by atoms with van der Waals surface area (Å²) in [6.07, 6.45) is -0.510. The summed E-state index contributed by atoms with van der Waals surface area (Å²) in [5.41, 5.74) is 1.12. The smallest absolute Gasteiger partial charge is 0.346 e. The fourth-order valence-electron chi connectivity index (χ4n) is 2.96. The molecule has 1 aromatic carbocycles. The number of nitrogens with zero attached hydrogens (tertiary/aromatic N) is 2. The largest absolute Gasteiger partial charge is 0.416 e. The first kappa shape index (κ1) is 20.3. The molecule has 26 heavy (non-hydrogen) atoms. The van der Waals surface area contributed by atoms with E-state index in [1.165, 1.54) is 12.1 Å². The Kier molecular flexibility index (Phi) is 6.70. The molecular formula is C21H27F3N2. The third-order valence-electron chi connectivity index (χ3n) is 4.80. The zero-order valence-corrected chi connectivity index (χ0v) is 15.6. The lowest BCUT2D eigenvalue weighted by Crippen LogP contribution is -2.36. The maximum Gasteiger partial charge on any atom is 0.416 e. The lowest BCUT2D eigenvalue weighted by molar-refractivity contribution is -0.137. The highest BCUT2D eigenvalue weighted by atomic mass is 19.4. The van der Waals surface area contributed by atoms with Gasteiger partial charge in [0.25, 0.3) is 0 Å². The number of alkyl halides is 3. The number of rotatable bonds is 8. The SMILES string of the molecule is C=CCN(Cc1cccn1Cc1cccc(C(F)(F)F)c1)[C@H](C)C(C)C. The summed E-state index contributed by atoms with van der Waals surface area (Å²) in [5, 5.41) is 0. The van der Waals surface area contributed by atoms with E-state index < -0.39 is 11.7 Å². The minimum atomic E-state index is -4.32. The van der Waals surface area contributed by atoms with E-state index in [1.54, 1.807) is 6.07 Å². The predicted molar refractivity (Wildman–Crippen MR) is 99.9 cm³/mol. The average Bonchev–Trinajstić information content (AvgIpc) is 3.00. The Morgan fingerprint density at radius 3 is 2.50 bits per heavy atom. The van der Waals surface area contributed by atoms with Gasteiger partial charge in [0.05, 0.1) is 5.56 Å². The van der Waals surface area contributed by atoms with Crippen LogP contribution >= 0.6 is 0 Å². The van der Waals surface area contributed by atoms with Crippen LogP contribution in [0, 0.1) is 5.92 Å². The fourth-order valence-corrected chi connectivity index (χ4v) is 2.96. The van der Waals surface area contributed by atoms with Crippen LogP contribution in [0.5, 0.6) is 0 Å². The van der Waals surface area contributed by atoms with Crippen LogP contribution < -0.4 is 0 Å². The highest BCUT2D eigenvalue weighted by molar-refractivity contribution is 5.26. The van der Waals surface area contributed by atoms with Gasteiger partial charge in [0.2, 0.25) is 0 Å². The predicted octanol–water partition coefficient (Wildman–Crippen LogP) is 5.59. The van der Waals surface area contributed by atoms with Crippen molar-refractivity contribution in [3.63, 3.8) is 0 Å². The molecule has 0 unspecified atom stereocenters. The van der Waals surface area contributed by atoms with Gasteiger partial charge in [-0.2, -0.15) is 13.2 Å². The molecule has 1 atom stereocenters. The van der Waals surface area contributed by atoms with Gasteiger partial charge in [-0.3, -0.25) is 4.90 Å². The van der Waals surface area contributed by atoms with Crippen molar-refractivity contribution < 1.29 is 13.2 Å². The van der Waals surface area contributed by atoms with E-state index in [-0.39, 0.29) is 0 Å². The molecule has 2 aromatic rings. The Labute approximate surface area is 153 Å². The van der Waals surface area contributed by atoms with Crippen LogP contribution in [-0.2, 0) is 19.3 Å². The molecule has 0 aliphatic rings. The van der Waals surface area contributed by atoms with E-state index in [4.69, 9.17) is 0 Å². The summed E-state index contributed by atoms with van der Waals surface area (Å²) in [5.74, 6) is 0.502. The molecule has 1 heterocycles. The van der Waals surface area contributed by atoms with Crippen LogP contribution in [0.25, 0.3) is 0 Å². The standard InChI is InChI=1S/C21H27F3N2/c1-5-11-25(17(4)16(2)3)15-20-10-7-12-26(20)14-18-8-6-9-19(13-18)21(22,23)24/h5-10,12-13,16-17H,1,11,14-15H2,2-4H3/t17-/m1/s1. The topological polar surface area (TPSA) is 8.17 Å². The molecule has 0 aliphatic carbocycles. The van der Waals surface area contributed by atoms with E-state index >= 15 is 0 Å². The molecule has 142 valence electrons. The second-order valence-corrected chi connectivity index (χ2v) is 7.03. The van der Waals surface area contributed by atoms with Gasteiger partial charge in [0, 0.05) is 37.6 Å². The van der Waals surface area contributed by atoms with Crippen molar-refractivity contribution in [3.8, 4) is 0 Å². The normalized spacial score (nSPS) is 13.4.